The molecule has 0 saturated carbocycles. The van der Waals surface area contributed by atoms with Gasteiger partial charge in [-0.1, -0.05) is 48.5 Å². The van der Waals surface area contributed by atoms with E-state index in [1.165, 1.54) is 24.3 Å². The molecule has 0 spiro atoms. The number of nitrogen functional groups attached to an aromatic ring is 1. The van der Waals surface area contributed by atoms with Crippen LogP contribution in [0.5, 0.6) is 0 Å². The van der Waals surface area contributed by atoms with E-state index in [-0.39, 0.29) is 40.6 Å². The van der Waals surface area contributed by atoms with Gasteiger partial charge in [0.1, 0.15) is 28.4 Å². The van der Waals surface area contributed by atoms with Crippen molar-refractivity contribution < 1.29 is 43.0 Å². The Kier molecular flexibility index (Phi) is 10.8. The molecular formula is C50H42N4O9. The van der Waals surface area contributed by atoms with Crippen molar-refractivity contribution in [3.05, 3.63) is 155 Å². The molecule has 0 bridgehead atoms. The number of hydrogen-bond acceptors (Lipinski definition) is 11. The molecule has 0 saturated heterocycles. The lowest BCUT2D eigenvalue weighted by Crippen LogP contribution is -2.34. The molecule has 13 nitrogen and oxygen atoms in total. The van der Waals surface area contributed by atoms with Crippen LogP contribution in [0.2, 0.25) is 0 Å². The number of fused-ring (bicyclic) bond motifs is 4. The van der Waals surface area contributed by atoms with Gasteiger partial charge in [0.15, 0.2) is 0 Å². The minimum Gasteiger partial charge on any atom is -0.487 e. The molecule has 316 valence electrons. The van der Waals surface area contributed by atoms with E-state index >= 15 is 0 Å². The summed E-state index contributed by atoms with van der Waals surface area (Å²) in [5.74, 6) is -1.06. The van der Waals surface area contributed by atoms with E-state index < -0.39 is 11.6 Å². The van der Waals surface area contributed by atoms with Crippen LogP contribution in [0.3, 0.4) is 0 Å². The van der Waals surface area contributed by atoms with Crippen LogP contribution in [-0.2, 0) is 38.2 Å². The number of ether oxygens (including phenoxy) is 2. The van der Waals surface area contributed by atoms with Crippen LogP contribution in [0.1, 0.15) is 80.4 Å². The van der Waals surface area contributed by atoms with Crippen LogP contribution < -0.4 is 15.5 Å². The summed E-state index contributed by atoms with van der Waals surface area (Å²) in [6, 6.07) is 28.0. The number of hydrogen-bond donors (Lipinski definition) is 1. The number of rotatable bonds is 3. The molecule has 0 radical (unpaired) electrons. The third kappa shape index (κ3) is 8.20. The van der Waals surface area contributed by atoms with Crippen molar-refractivity contribution in [1.29, 1.82) is 0 Å². The number of nitrogens with zero attached hydrogens (tertiary/aromatic N) is 3. The highest BCUT2D eigenvalue weighted by Crippen LogP contribution is 2.43. The lowest BCUT2D eigenvalue weighted by molar-refractivity contribution is -0.121. The van der Waals surface area contributed by atoms with Gasteiger partial charge < -0.3 is 15.2 Å². The zero-order valence-electron chi connectivity index (χ0n) is 35.0. The Morgan fingerprint density at radius 3 is 1.37 bits per heavy atom. The first-order chi connectivity index (χ1) is 30.0. The van der Waals surface area contributed by atoms with Crippen LogP contribution in [0, 0.1) is 0 Å². The summed E-state index contributed by atoms with van der Waals surface area (Å²) < 4.78 is 12.1. The largest absolute Gasteiger partial charge is 0.487 e. The lowest BCUT2D eigenvalue weighted by atomic mass is 9.82. The smallest absolute Gasteiger partial charge is 0.258 e. The Morgan fingerprint density at radius 2 is 0.889 bits per heavy atom. The molecule has 4 heterocycles. The predicted octanol–water partition coefficient (Wildman–Crippen LogP) is 7.57. The summed E-state index contributed by atoms with van der Waals surface area (Å²) in [6.45, 7) is 8.06. The number of ketones is 3. The fraction of sp³-hybridized carbons (Fsp3) is 0.200. The number of nitrogens with two attached hydrogens (primary N) is 1. The van der Waals surface area contributed by atoms with Gasteiger partial charge in [0.05, 0.1) is 17.1 Å². The Bertz CT molecular complexity index is 2790. The fourth-order valence-corrected chi connectivity index (χ4v) is 7.87. The second-order valence-corrected chi connectivity index (χ2v) is 16.7. The summed E-state index contributed by atoms with van der Waals surface area (Å²) >= 11 is 0. The molecule has 63 heavy (non-hydrogen) atoms. The maximum atomic E-state index is 13.3. The SMILES string of the molecule is CC1(C)CCC2=C(O1)c1ccccc1C(=Nc1ccc(N3C(=O)C=CC3=O)cc1)C2=O.CC1(C)CCC2=C(O1)c1ccccc1C(=O)C2=O.Nc1ccc(N2C(=O)C=CC2=O)cc1. The minimum atomic E-state index is -0.410. The van der Waals surface area contributed by atoms with E-state index in [0.717, 1.165) is 39.3 Å². The van der Waals surface area contributed by atoms with Crippen molar-refractivity contribution in [1.82, 2.24) is 0 Å². The summed E-state index contributed by atoms with van der Waals surface area (Å²) in [5, 5.41) is 0. The van der Waals surface area contributed by atoms with E-state index in [2.05, 4.69) is 4.99 Å². The van der Waals surface area contributed by atoms with Crippen LogP contribution in [0.15, 0.2) is 138 Å². The standard InChI is InChI=1S/C25H20N2O4.C15H14O3.C10H8N2O2/c1-25(2)14-13-19-23(30)22(17-5-3-4-6-18(17)24(19)31-25)26-15-7-9-16(10-8-15)27-20(28)11-12-21(27)29;1-15(2)8-7-11-13(17)12(16)9-5-3-4-6-10(9)14(11)18-15;11-7-1-3-8(4-2-7)12-9(13)5-6-10(12)14/h3-12H,13-14H2,1-2H3;3-6H,7-8H2,1-2H3;1-6H,11H2. The van der Waals surface area contributed by atoms with Gasteiger partial charge in [-0.15, -0.1) is 0 Å². The van der Waals surface area contributed by atoms with Crippen molar-refractivity contribution in [2.24, 2.45) is 4.99 Å². The van der Waals surface area contributed by atoms with Crippen LogP contribution in [-0.4, -0.2) is 57.9 Å². The van der Waals surface area contributed by atoms with Gasteiger partial charge in [0, 0.05) is 63.4 Å². The number of Topliss-reactive ketones (excluding diaryl/α,β-unsaturated/α-hetero) is 3. The molecule has 13 heteroatoms. The minimum absolute atomic E-state index is 0.123. The Hall–Kier alpha value is -7.80. The summed E-state index contributed by atoms with van der Waals surface area (Å²) in [5.41, 5.74) is 11.5. The second kappa shape index (κ2) is 16.2. The topological polar surface area (TPSA) is 183 Å². The number of carbonyl (C=O) groups excluding carboxylic acids is 7. The number of aliphatic imine (C=N–C) groups is 1. The van der Waals surface area contributed by atoms with Gasteiger partial charge in [-0.2, -0.15) is 0 Å². The molecule has 10 rings (SSSR count). The maximum Gasteiger partial charge on any atom is 0.258 e. The molecule has 4 aromatic carbocycles. The van der Waals surface area contributed by atoms with E-state index in [1.54, 1.807) is 60.7 Å². The van der Waals surface area contributed by atoms with Crippen molar-refractivity contribution >= 4 is 81.0 Å². The highest BCUT2D eigenvalue weighted by atomic mass is 16.5. The molecule has 2 aliphatic carbocycles. The summed E-state index contributed by atoms with van der Waals surface area (Å²) in [4.78, 5) is 90.5. The van der Waals surface area contributed by atoms with Gasteiger partial charge in [-0.25, -0.2) is 14.8 Å². The van der Waals surface area contributed by atoms with Crippen molar-refractivity contribution in [2.75, 3.05) is 15.5 Å². The summed E-state index contributed by atoms with van der Waals surface area (Å²) in [6.07, 6.45) is 7.75. The number of allylic oxidation sites excluding steroid dienone is 2. The van der Waals surface area contributed by atoms with E-state index in [9.17, 15) is 33.6 Å². The normalized spacial score (nSPS) is 19.7. The second-order valence-electron chi connectivity index (χ2n) is 16.7. The highest BCUT2D eigenvalue weighted by molar-refractivity contribution is 6.54. The predicted molar refractivity (Wildman–Crippen MR) is 237 cm³/mol. The van der Waals surface area contributed by atoms with Crippen LogP contribution in [0.25, 0.3) is 11.5 Å². The third-order valence-corrected chi connectivity index (χ3v) is 11.2. The van der Waals surface area contributed by atoms with E-state index in [0.29, 0.717) is 69.5 Å². The number of benzene rings is 4. The average molecular weight is 843 g/mol. The number of carbonyl (C=O) groups is 7. The number of amides is 4. The molecule has 4 aliphatic heterocycles. The van der Waals surface area contributed by atoms with Crippen molar-refractivity contribution in [2.45, 2.75) is 64.6 Å². The third-order valence-electron chi connectivity index (χ3n) is 11.2. The highest BCUT2D eigenvalue weighted by Gasteiger charge is 2.40. The molecular weight excluding hydrogens is 801 g/mol. The monoisotopic (exact) mass is 842 g/mol. The molecule has 0 unspecified atom stereocenters. The Morgan fingerprint density at radius 1 is 0.492 bits per heavy atom. The molecule has 6 aliphatic rings. The molecule has 4 amide bonds. The molecule has 0 atom stereocenters. The van der Waals surface area contributed by atoms with Gasteiger partial charge >= 0.3 is 0 Å². The average Bonchev–Trinajstić information content (AvgIpc) is 3.79. The van der Waals surface area contributed by atoms with Gasteiger partial charge in [0.25, 0.3) is 23.6 Å². The van der Waals surface area contributed by atoms with Gasteiger partial charge in [-0.05, 0) is 102 Å². The van der Waals surface area contributed by atoms with Gasteiger partial charge in [-0.3, -0.25) is 33.6 Å². The van der Waals surface area contributed by atoms with E-state index in [1.807, 2.05) is 64.1 Å². The van der Waals surface area contributed by atoms with Crippen molar-refractivity contribution in [3.63, 3.8) is 0 Å². The zero-order valence-corrected chi connectivity index (χ0v) is 35.0. The molecule has 2 N–H and O–H groups in total. The first kappa shape index (κ1) is 41.9. The lowest BCUT2D eigenvalue weighted by Gasteiger charge is -2.36. The van der Waals surface area contributed by atoms with Crippen LogP contribution >= 0.6 is 0 Å². The number of imide groups is 2. The van der Waals surface area contributed by atoms with Gasteiger partial charge in [0.2, 0.25) is 17.3 Å². The molecule has 0 aromatic heterocycles. The van der Waals surface area contributed by atoms with Crippen molar-refractivity contribution in [3.8, 4) is 0 Å². The zero-order chi connectivity index (χ0) is 44.8. The fourth-order valence-electron chi connectivity index (χ4n) is 7.87. The Balaban J connectivity index is 0.000000143. The number of anilines is 3. The summed E-state index contributed by atoms with van der Waals surface area (Å²) in [7, 11) is 0. The first-order valence-corrected chi connectivity index (χ1v) is 20.4. The Labute approximate surface area is 362 Å². The molecule has 0 fully saturated rings. The quantitative estimate of drug-likeness (QED) is 0.123. The van der Waals surface area contributed by atoms with Crippen LogP contribution in [0.4, 0.5) is 22.7 Å². The molecule has 4 aromatic rings. The maximum absolute atomic E-state index is 13.3. The van der Waals surface area contributed by atoms with E-state index in [4.69, 9.17) is 15.2 Å². The first-order valence-electron chi connectivity index (χ1n) is 20.4.